The number of aromatic nitrogens is 4. The molecule has 0 radical (unpaired) electrons. The number of anilines is 1. The fourth-order valence-electron chi connectivity index (χ4n) is 3.62. The normalized spacial score (nSPS) is 12.7. The summed E-state index contributed by atoms with van der Waals surface area (Å²) in [4.78, 5) is 8.61. The van der Waals surface area contributed by atoms with Gasteiger partial charge in [0, 0.05) is 12.1 Å². The van der Waals surface area contributed by atoms with Gasteiger partial charge in [0.1, 0.15) is 5.82 Å². The lowest BCUT2D eigenvalue weighted by atomic mass is 10.1. The fraction of sp³-hybridized carbons (Fsp3) is 0.280. The van der Waals surface area contributed by atoms with E-state index in [9.17, 15) is 21.7 Å². The van der Waals surface area contributed by atoms with E-state index in [-0.39, 0.29) is 53.3 Å². The minimum absolute atomic E-state index is 0.0124. The molecule has 2 heterocycles. The van der Waals surface area contributed by atoms with Crippen LogP contribution in [0.1, 0.15) is 25.8 Å². The number of benzene rings is 2. The zero-order chi connectivity index (χ0) is 27.4. The minimum Gasteiger partial charge on any atom is -0.414 e. The van der Waals surface area contributed by atoms with Gasteiger partial charge < -0.3 is 10.2 Å². The maximum Gasteiger partial charge on any atom is 0.270 e. The second-order valence-corrected chi connectivity index (χ2v) is 10.9. The summed E-state index contributed by atoms with van der Waals surface area (Å²) >= 11 is 0. The first-order valence-corrected chi connectivity index (χ1v) is 13.2. The number of hydrogen-bond donors (Lipinski definition) is 1. The number of nitrogens with two attached hydrogens (primary N) is 1. The van der Waals surface area contributed by atoms with E-state index in [1.165, 1.54) is 37.4 Å². The predicted octanol–water partition coefficient (Wildman–Crippen LogP) is 4.81. The van der Waals surface area contributed by atoms with Crippen molar-refractivity contribution in [3.63, 3.8) is 0 Å². The molecule has 0 fully saturated rings. The van der Waals surface area contributed by atoms with E-state index in [4.69, 9.17) is 10.2 Å². The van der Waals surface area contributed by atoms with E-state index in [1.54, 1.807) is 25.1 Å². The van der Waals surface area contributed by atoms with Gasteiger partial charge in [0.2, 0.25) is 0 Å². The summed E-state index contributed by atoms with van der Waals surface area (Å²) in [6.07, 6.45) is 1.31. The third-order valence-electron chi connectivity index (χ3n) is 5.91. The van der Waals surface area contributed by atoms with Crippen molar-refractivity contribution >= 4 is 15.7 Å². The van der Waals surface area contributed by atoms with Crippen LogP contribution < -0.4 is 5.73 Å². The minimum atomic E-state index is -3.68. The highest BCUT2D eigenvalue weighted by molar-refractivity contribution is 7.92. The van der Waals surface area contributed by atoms with Crippen LogP contribution in [-0.2, 0) is 16.4 Å². The van der Waals surface area contributed by atoms with Crippen LogP contribution in [0.25, 0.3) is 34.3 Å². The Morgan fingerprint density at radius 1 is 1.11 bits per heavy atom. The zero-order valence-electron chi connectivity index (χ0n) is 20.6. The molecular formula is C25H25F3N6O3S. The smallest absolute Gasteiger partial charge is 0.270 e. The largest absolute Gasteiger partial charge is 0.414 e. The Morgan fingerprint density at radius 2 is 1.82 bits per heavy atom. The van der Waals surface area contributed by atoms with Gasteiger partial charge in [-0.15, -0.1) is 19.8 Å². The van der Waals surface area contributed by atoms with Gasteiger partial charge >= 0.3 is 0 Å². The van der Waals surface area contributed by atoms with Gasteiger partial charge in [-0.1, -0.05) is 18.2 Å². The molecular weight excluding hydrogens is 521 g/mol. The number of nitrogens with zero attached hydrogens (tertiary/aromatic N) is 5. The molecule has 0 amide bonds. The molecule has 0 spiro atoms. The van der Waals surface area contributed by atoms with Crippen LogP contribution >= 0.6 is 0 Å². The number of sulfone groups is 1. The molecule has 0 bridgehead atoms. The second kappa shape index (κ2) is 11.3. The van der Waals surface area contributed by atoms with Crippen molar-refractivity contribution in [2.75, 3.05) is 19.0 Å². The Morgan fingerprint density at radius 3 is 2.47 bits per heavy atom. The van der Waals surface area contributed by atoms with Crippen LogP contribution in [0.15, 0.2) is 58.0 Å². The van der Waals surface area contributed by atoms with E-state index in [0.717, 1.165) is 0 Å². The van der Waals surface area contributed by atoms with Gasteiger partial charge in [0.25, 0.3) is 11.8 Å². The quantitative estimate of drug-likeness (QED) is 0.279. The van der Waals surface area contributed by atoms with E-state index < -0.39 is 27.6 Å². The van der Waals surface area contributed by atoms with Crippen molar-refractivity contribution in [1.82, 2.24) is 25.3 Å². The summed E-state index contributed by atoms with van der Waals surface area (Å²) in [5, 5.41) is 7.50. The molecule has 0 saturated carbocycles. The Labute approximate surface area is 217 Å². The Bertz CT molecular complexity index is 1530. The summed E-state index contributed by atoms with van der Waals surface area (Å²) in [6, 6.07) is 10.1. The van der Waals surface area contributed by atoms with Crippen molar-refractivity contribution in [2.24, 2.45) is 0 Å². The van der Waals surface area contributed by atoms with Crippen molar-refractivity contribution in [3.8, 4) is 34.3 Å². The predicted molar refractivity (Wildman–Crippen MR) is 135 cm³/mol. The molecule has 38 heavy (non-hydrogen) atoms. The molecule has 2 aromatic carbocycles. The molecule has 4 aromatic rings. The Hall–Kier alpha value is -3.84. The summed E-state index contributed by atoms with van der Waals surface area (Å²) in [5.74, 6) is -0.900. The fourth-order valence-corrected chi connectivity index (χ4v) is 5.00. The maximum absolute atomic E-state index is 14.7. The summed E-state index contributed by atoms with van der Waals surface area (Å²) < 4.78 is 71.6. The highest BCUT2D eigenvalue weighted by Crippen LogP contribution is 2.30. The van der Waals surface area contributed by atoms with Crippen LogP contribution in [0.4, 0.5) is 19.1 Å². The first kappa shape index (κ1) is 27.2. The van der Waals surface area contributed by atoms with Crippen LogP contribution in [0.2, 0.25) is 0 Å². The van der Waals surface area contributed by atoms with Crippen LogP contribution in [0, 0.1) is 5.82 Å². The van der Waals surface area contributed by atoms with Gasteiger partial charge in [0.05, 0.1) is 40.8 Å². The number of rotatable bonds is 10. The van der Waals surface area contributed by atoms with Crippen molar-refractivity contribution < 1.29 is 26.1 Å². The molecule has 0 aliphatic carbocycles. The number of hydrogen-bond acceptors (Lipinski definition) is 9. The molecule has 2 N–H and O–H groups in total. The molecule has 0 aliphatic heterocycles. The van der Waals surface area contributed by atoms with Crippen molar-refractivity contribution in [1.29, 1.82) is 0 Å². The second-order valence-electron chi connectivity index (χ2n) is 8.51. The lowest BCUT2D eigenvalue weighted by Crippen LogP contribution is -2.18. The maximum atomic E-state index is 14.7. The summed E-state index contributed by atoms with van der Waals surface area (Å²) in [6.45, 7) is 2.48. The zero-order valence-corrected chi connectivity index (χ0v) is 21.4. The van der Waals surface area contributed by atoms with Crippen LogP contribution in [-0.4, -0.2) is 52.2 Å². The number of nitrogen functional groups attached to an aromatic ring is 1. The molecule has 1 atom stereocenters. The molecule has 9 nitrogen and oxygen atoms in total. The van der Waals surface area contributed by atoms with Gasteiger partial charge in [-0.05, 0) is 50.1 Å². The van der Waals surface area contributed by atoms with E-state index in [0.29, 0.717) is 21.9 Å². The molecule has 0 saturated heterocycles. The SMILES string of the molecule is CCN(F)Cc1ccc(-c2nnc(-c3nc(-c4ccc(S(=O)(=O)C(C)CCF)cc4)cnc3N)o2)c(F)c1. The highest BCUT2D eigenvalue weighted by atomic mass is 32.2. The summed E-state index contributed by atoms with van der Waals surface area (Å²) in [5.41, 5.74) is 7.37. The average Bonchev–Trinajstić information content (AvgIpc) is 3.39. The van der Waals surface area contributed by atoms with Gasteiger partial charge in [-0.25, -0.2) is 22.8 Å². The number of halogens is 3. The first-order valence-electron chi connectivity index (χ1n) is 11.7. The Balaban J connectivity index is 1.60. The van der Waals surface area contributed by atoms with Crippen LogP contribution in [0.5, 0.6) is 0 Å². The van der Waals surface area contributed by atoms with Gasteiger partial charge in [-0.3, -0.25) is 4.39 Å². The topological polar surface area (TPSA) is 128 Å². The lowest BCUT2D eigenvalue weighted by Gasteiger charge is -2.12. The van der Waals surface area contributed by atoms with Crippen molar-refractivity contribution in [2.45, 2.75) is 37.0 Å². The Kier molecular flexibility index (Phi) is 8.07. The molecule has 200 valence electrons. The van der Waals surface area contributed by atoms with Crippen LogP contribution in [0.3, 0.4) is 0 Å². The standard InChI is InChI=1S/C25H25F3N6O3S/c1-3-34(28)14-16-4-9-19(20(27)12-16)24-32-33-25(37-24)22-23(29)30-13-21(31-22)17-5-7-18(8-6-17)38(35,36)15(2)10-11-26/h4-9,12-13,15H,3,10-11,14H2,1-2H3,(H2,29,30). The molecule has 0 aliphatic rings. The number of alkyl halides is 1. The highest BCUT2D eigenvalue weighted by Gasteiger charge is 2.23. The molecule has 13 heteroatoms. The third-order valence-corrected chi connectivity index (χ3v) is 8.14. The van der Waals surface area contributed by atoms with E-state index in [2.05, 4.69) is 20.2 Å². The van der Waals surface area contributed by atoms with Crippen molar-refractivity contribution in [3.05, 3.63) is 60.0 Å². The average molecular weight is 547 g/mol. The molecule has 4 rings (SSSR count). The van der Waals surface area contributed by atoms with E-state index in [1.807, 2.05) is 0 Å². The van der Waals surface area contributed by atoms with Gasteiger partial charge in [-0.2, -0.15) is 0 Å². The van der Waals surface area contributed by atoms with Gasteiger partial charge in [0.15, 0.2) is 21.3 Å². The first-order chi connectivity index (χ1) is 18.1. The summed E-state index contributed by atoms with van der Waals surface area (Å²) in [7, 11) is -3.68. The van der Waals surface area contributed by atoms with E-state index >= 15 is 0 Å². The monoisotopic (exact) mass is 546 g/mol. The lowest BCUT2D eigenvalue weighted by molar-refractivity contribution is 0.0224. The molecule has 2 aromatic heterocycles. The third kappa shape index (κ3) is 5.68. The molecule has 1 unspecified atom stereocenters.